The molecule has 0 aliphatic heterocycles. The largest absolute Gasteiger partial charge is 0.465 e. The molecule has 9 heteroatoms. The predicted octanol–water partition coefficient (Wildman–Crippen LogP) is 1.28. The van der Waals surface area contributed by atoms with Gasteiger partial charge in [0.2, 0.25) is 10.0 Å². The van der Waals surface area contributed by atoms with Crippen LogP contribution in [-0.2, 0) is 14.8 Å². The fraction of sp³-hybridized carbons (Fsp3) is 0.583. The molecule has 0 aromatic carbocycles. The minimum atomic E-state index is -3.75. The molecular formula is C12H19ClN2O4S2. The van der Waals surface area contributed by atoms with Crippen molar-refractivity contribution >= 4 is 39.7 Å². The number of ether oxygens (including phenoxy) is 1. The summed E-state index contributed by atoms with van der Waals surface area (Å²) in [5, 5.41) is 1.63. The van der Waals surface area contributed by atoms with E-state index in [-0.39, 0.29) is 34.8 Å². The Bertz CT molecular complexity index is 611. The van der Waals surface area contributed by atoms with Crippen LogP contribution in [0.2, 0.25) is 0 Å². The average Bonchev–Trinajstić information content (AvgIpc) is 3.18. The van der Waals surface area contributed by atoms with Gasteiger partial charge in [-0.3, -0.25) is 0 Å². The van der Waals surface area contributed by atoms with Gasteiger partial charge in [-0.2, -0.15) is 0 Å². The summed E-state index contributed by atoms with van der Waals surface area (Å²) in [5.41, 5.74) is 6.42. The summed E-state index contributed by atoms with van der Waals surface area (Å²) in [6.07, 6.45) is 2.10. The Morgan fingerprint density at radius 2 is 2.19 bits per heavy atom. The van der Waals surface area contributed by atoms with Crippen molar-refractivity contribution in [1.82, 2.24) is 4.72 Å². The van der Waals surface area contributed by atoms with Crippen LogP contribution in [0.15, 0.2) is 10.3 Å². The van der Waals surface area contributed by atoms with Gasteiger partial charge in [-0.05, 0) is 36.6 Å². The van der Waals surface area contributed by atoms with Gasteiger partial charge in [0.05, 0.1) is 7.11 Å². The molecule has 0 amide bonds. The number of halogens is 1. The van der Waals surface area contributed by atoms with Crippen molar-refractivity contribution < 1.29 is 17.9 Å². The van der Waals surface area contributed by atoms with E-state index in [0.29, 0.717) is 11.5 Å². The summed E-state index contributed by atoms with van der Waals surface area (Å²) in [4.78, 5) is 11.7. The third-order valence-electron chi connectivity index (χ3n) is 3.29. The van der Waals surface area contributed by atoms with Gasteiger partial charge in [0, 0.05) is 12.6 Å². The summed E-state index contributed by atoms with van der Waals surface area (Å²) in [6.45, 7) is 1.83. The average molecular weight is 355 g/mol. The summed E-state index contributed by atoms with van der Waals surface area (Å²) >= 11 is 1.06. The molecule has 0 spiro atoms. The lowest BCUT2D eigenvalue weighted by Crippen LogP contribution is -2.38. The van der Waals surface area contributed by atoms with E-state index in [9.17, 15) is 13.2 Å². The summed E-state index contributed by atoms with van der Waals surface area (Å²) in [6, 6.07) is -0.176. The van der Waals surface area contributed by atoms with Crippen LogP contribution in [-0.4, -0.2) is 34.1 Å². The third kappa shape index (κ3) is 4.17. The van der Waals surface area contributed by atoms with Crippen molar-refractivity contribution in [3.63, 3.8) is 0 Å². The fourth-order valence-corrected chi connectivity index (χ4v) is 4.74. The highest BCUT2D eigenvalue weighted by Gasteiger charge is 2.31. The molecule has 0 bridgehead atoms. The van der Waals surface area contributed by atoms with E-state index in [2.05, 4.69) is 9.46 Å². The van der Waals surface area contributed by atoms with E-state index in [1.807, 2.05) is 0 Å². The lowest BCUT2D eigenvalue weighted by Gasteiger charge is -2.12. The van der Waals surface area contributed by atoms with E-state index in [0.717, 1.165) is 24.2 Å². The molecule has 1 aliphatic rings. The molecule has 2 rings (SSSR count). The van der Waals surface area contributed by atoms with Gasteiger partial charge in [0.1, 0.15) is 9.77 Å². The van der Waals surface area contributed by atoms with Crippen LogP contribution in [0.25, 0.3) is 0 Å². The Labute approximate surface area is 134 Å². The molecule has 1 aromatic heterocycles. The molecule has 6 nitrogen and oxygen atoms in total. The first-order valence-electron chi connectivity index (χ1n) is 6.28. The highest BCUT2D eigenvalue weighted by molar-refractivity contribution is 7.89. The zero-order valence-corrected chi connectivity index (χ0v) is 14.2. The second kappa shape index (κ2) is 7.06. The Morgan fingerprint density at radius 3 is 2.71 bits per heavy atom. The Morgan fingerprint density at radius 1 is 1.57 bits per heavy atom. The van der Waals surface area contributed by atoms with E-state index < -0.39 is 16.0 Å². The smallest absolute Gasteiger partial charge is 0.349 e. The quantitative estimate of drug-likeness (QED) is 0.750. The van der Waals surface area contributed by atoms with Crippen LogP contribution in [0.4, 0.5) is 0 Å². The van der Waals surface area contributed by atoms with Gasteiger partial charge in [0.15, 0.2) is 0 Å². The van der Waals surface area contributed by atoms with E-state index in [4.69, 9.17) is 5.73 Å². The number of rotatable bonds is 6. The molecule has 1 saturated carbocycles. The van der Waals surface area contributed by atoms with Gasteiger partial charge in [-0.1, -0.05) is 0 Å². The molecule has 1 aliphatic carbocycles. The number of esters is 1. The molecule has 120 valence electrons. The topological polar surface area (TPSA) is 98.5 Å². The number of carbonyl (C=O) groups excluding carboxylic acids is 1. The second-order valence-electron chi connectivity index (χ2n) is 4.92. The number of nitrogens with two attached hydrogens (primary N) is 1. The van der Waals surface area contributed by atoms with Crippen LogP contribution in [0.5, 0.6) is 0 Å². The first kappa shape index (κ1) is 18.4. The number of thiophene rings is 1. The molecule has 0 saturated heterocycles. The van der Waals surface area contributed by atoms with Crippen molar-refractivity contribution in [1.29, 1.82) is 0 Å². The summed E-state index contributed by atoms with van der Waals surface area (Å²) in [5.74, 6) is -0.240. The number of hydrogen-bond donors (Lipinski definition) is 2. The van der Waals surface area contributed by atoms with Crippen LogP contribution >= 0.6 is 23.7 Å². The number of nitrogens with one attached hydrogen (secondary N) is 1. The lowest BCUT2D eigenvalue weighted by atomic mass is 10.2. The molecule has 3 N–H and O–H groups in total. The monoisotopic (exact) mass is 354 g/mol. The fourth-order valence-electron chi connectivity index (χ4n) is 1.97. The van der Waals surface area contributed by atoms with Crippen LogP contribution in [0.1, 0.15) is 28.1 Å². The first-order valence-corrected chi connectivity index (χ1v) is 8.64. The van der Waals surface area contributed by atoms with Gasteiger partial charge >= 0.3 is 5.97 Å². The third-order valence-corrected chi connectivity index (χ3v) is 6.11. The SMILES string of the molecule is COC(=O)c1scc(C)c1S(=O)(=O)NCC(N)C1CC1.Cl. The van der Waals surface area contributed by atoms with Gasteiger partial charge < -0.3 is 10.5 Å². The zero-order chi connectivity index (χ0) is 14.9. The first-order chi connectivity index (χ1) is 9.36. The van der Waals surface area contributed by atoms with E-state index >= 15 is 0 Å². The van der Waals surface area contributed by atoms with Crippen LogP contribution < -0.4 is 10.5 Å². The van der Waals surface area contributed by atoms with Gasteiger partial charge in [0.25, 0.3) is 0 Å². The second-order valence-corrected chi connectivity index (χ2v) is 7.51. The standard InChI is InChI=1S/C12H18N2O4S2.ClH/c1-7-6-19-10(12(15)18-2)11(7)20(16,17)14-5-9(13)8-3-4-8;/h6,8-9,14H,3-5,13H2,1-2H3;1H. The molecule has 1 unspecified atom stereocenters. The highest BCUT2D eigenvalue weighted by atomic mass is 35.5. The van der Waals surface area contributed by atoms with Crippen molar-refractivity contribution in [2.24, 2.45) is 11.7 Å². The minimum Gasteiger partial charge on any atom is -0.465 e. The predicted molar refractivity (Wildman–Crippen MR) is 83.5 cm³/mol. The molecule has 1 fully saturated rings. The van der Waals surface area contributed by atoms with Gasteiger partial charge in [-0.25, -0.2) is 17.9 Å². The number of sulfonamides is 1. The molecule has 21 heavy (non-hydrogen) atoms. The Kier molecular flexibility index (Phi) is 6.18. The molecule has 1 aromatic rings. The Hall–Kier alpha value is -0.670. The summed E-state index contributed by atoms with van der Waals surface area (Å²) < 4.78 is 31.8. The van der Waals surface area contributed by atoms with Crippen molar-refractivity contribution in [2.75, 3.05) is 13.7 Å². The maximum absolute atomic E-state index is 12.3. The Balaban J connectivity index is 0.00000220. The number of methoxy groups -OCH3 is 1. The number of carbonyl (C=O) groups is 1. The molecule has 1 heterocycles. The maximum Gasteiger partial charge on any atom is 0.349 e. The van der Waals surface area contributed by atoms with E-state index in [1.54, 1.807) is 12.3 Å². The number of hydrogen-bond acceptors (Lipinski definition) is 6. The molecule has 1 atom stereocenters. The number of aryl methyl sites for hydroxylation is 1. The van der Waals surface area contributed by atoms with Crippen molar-refractivity contribution in [3.05, 3.63) is 15.8 Å². The lowest BCUT2D eigenvalue weighted by molar-refractivity contribution is 0.0602. The molecular weight excluding hydrogens is 336 g/mol. The minimum absolute atomic E-state index is 0. The molecule has 0 radical (unpaired) electrons. The van der Waals surface area contributed by atoms with E-state index in [1.165, 1.54) is 7.11 Å². The maximum atomic E-state index is 12.3. The van der Waals surface area contributed by atoms with Crippen molar-refractivity contribution in [3.8, 4) is 0 Å². The van der Waals surface area contributed by atoms with Crippen LogP contribution in [0.3, 0.4) is 0 Å². The highest BCUT2D eigenvalue weighted by Crippen LogP contribution is 2.32. The van der Waals surface area contributed by atoms with Crippen LogP contribution in [0, 0.1) is 12.8 Å². The van der Waals surface area contributed by atoms with Crippen molar-refractivity contribution in [2.45, 2.75) is 30.7 Å². The normalized spacial score (nSPS) is 16.1. The summed E-state index contributed by atoms with van der Waals surface area (Å²) in [7, 11) is -2.53. The van der Waals surface area contributed by atoms with Gasteiger partial charge in [-0.15, -0.1) is 23.7 Å². The zero-order valence-electron chi connectivity index (χ0n) is 11.8.